The van der Waals surface area contributed by atoms with Crippen molar-refractivity contribution in [3.63, 3.8) is 0 Å². The number of aromatic nitrogens is 3. The molecule has 2 heterocycles. The summed E-state index contributed by atoms with van der Waals surface area (Å²) in [6.45, 7) is 4.72. The van der Waals surface area contributed by atoms with Gasteiger partial charge in [0.15, 0.2) is 11.6 Å². The molecule has 5 nitrogen and oxygen atoms in total. The fourth-order valence-electron chi connectivity index (χ4n) is 1.66. The predicted molar refractivity (Wildman–Crippen MR) is 71.3 cm³/mol. The highest BCUT2D eigenvalue weighted by Gasteiger charge is 2.08. The molecule has 0 aliphatic rings. The first-order valence-corrected chi connectivity index (χ1v) is 6.05. The molecule has 18 heavy (non-hydrogen) atoms. The molecule has 0 saturated heterocycles. The van der Waals surface area contributed by atoms with E-state index < -0.39 is 0 Å². The summed E-state index contributed by atoms with van der Waals surface area (Å²) in [5.74, 6) is 1.49. The largest absolute Gasteiger partial charge is 0.490 e. The quantitative estimate of drug-likeness (QED) is 0.881. The Kier molecular flexibility index (Phi) is 3.82. The molecular weight excluding hydrogens is 228 g/mol. The second kappa shape index (κ2) is 5.53. The summed E-state index contributed by atoms with van der Waals surface area (Å²) >= 11 is 0. The summed E-state index contributed by atoms with van der Waals surface area (Å²) in [6, 6.07) is 3.78. The van der Waals surface area contributed by atoms with E-state index in [1.54, 1.807) is 10.9 Å². The van der Waals surface area contributed by atoms with Crippen LogP contribution in [0.25, 0.3) is 0 Å². The van der Waals surface area contributed by atoms with E-state index in [1.165, 1.54) is 0 Å². The van der Waals surface area contributed by atoms with Crippen molar-refractivity contribution >= 4 is 11.5 Å². The monoisotopic (exact) mass is 246 g/mol. The molecule has 0 atom stereocenters. The Morgan fingerprint density at radius 1 is 1.44 bits per heavy atom. The number of nitrogens with one attached hydrogen (secondary N) is 1. The van der Waals surface area contributed by atoms with Crippen molar-refractivity contribution in [2.75, 3.05) is 11.9 Å². The number of ether oxygens (including phenoxy) is 1. The highest BCUT2D eigenvalue weighted by molar-refractivity contribution is 5.63. The SMILES string of the molecule is CCCOc1cccnc1Nc1cn(C)nc1C. The van der Waals surface area contributed by atoms with Gasteiger partial charge in [-0.15, -0.1) is 0 Å². The van der Waals surface area contributed by atoms with Crippen molar-refractivity contribution in [3.8, 4) is 5.75 Å². The van der Waals surface area contributed by atoms with Crippen molar-refractivity contribution in [2.45, 2.75) is 20.3 Å². The zero-order valence-corrected chi connectivity index (χ0v) is 11.0. The Hall–Kier alpha value is -2.04. The molecule has 0 aromatic carbocycles. The number of aryl methyl sites for hydroxylation is 2. The van der Waals surface area contributed by atoms with E-state index in [2.05, 4.69) is 22.3 Å². The van der Waals surface area contributed by atoms with Gasteiger partial charge < -0.3 is 10.1 Å². The number of rotatable bonds is 5. The molecule has 0 amide bonds. The van der Waals surface area contributed by atoms with E-state index in [1.807, 2.05) is 32.3 Å². The van der Waals surface area contributed by atoms with Crippen LogP contribution in [0.4, 0.5) is 11.5 Å². The summed E-state index contributed by atoms with van der Waals surface area (Å²) in [5, 5.41) is 7.54. The molecular formula is C13H18N4O. The van der Waals surface area contributed by atoms with Crippen LogP contribution in [-0.2, 0) is 7.05 Å². The van der Waals surface area contributed by atoms with Gasteiger partial charge in [0.2, 0.25) is 0 Å². The second-order valence-electron chi connectivity index (χ2n) is 4.13. The molecule has 2 aromatic rings. The van der Waals surface area contributed by atoms with Gasteiger partial charge in [0.1, 0.15) is 0 Å². The summed E-state index contributed by atoms with van der Waals surface area (Å²) in [6.07, 6.45) is 4.64. The van der Waals surface area contributed by atoms with E-state index in [9.17, 15) is 0 Å². The van der Waals surface area contributed by atoms with Crippen LogP contribution in [0.2, 0.25) is 0 Å². The third kappa shape index (κ3) is 2.80. The first-order valence-electron chi connectivity index (χ1n) is 6.05. The molecule has 0 aliphatic heterocycles. The van der Waals surface area contributed by atoms with Gasteiger partial charge in [-0.2, -0.15) is 5.10 Å². The average molecular weight is 246 g/mol. The molecule has 5 heteroatoms. The molecule has 0 fully saturated rings. The molecule has 0 radical (unpaired) electrons. The van der Waals surface area contributed by atoms with Gasteiger partial charge in [0.25, 0.3) is 0 Å². The third-order valence-corrected chi connectivity index (χ3v) is 2.50. The Morgan fingerprint density at radius 2 is 2.28 bits per heavy atom. The fourth-order valence-corrected chi connectivity index (χ4v) is 1.66. The summed E-state index contributed by atoms with van der Waals surface area (Å²) in [7, 11) is 1.89. The van der Waals surface area contributed by atoms with Gasteiger partial charge in [-0.3, -0.25) is 4.68 Å². The molecule has 0 aliphatic carbocycles. The first kappa shape index (κ1) is 12.4. The zero-order chi connectivity index (χ0) is 13.0. The maximum atomic E-state index is 5.65. The summed E-state index contributed by atoms with van der Waals surface area (Å²) < 4.78 is 7.42. The van der Waals surface area contributed by atoms with Crippen molar-refractivity contribution < 1.29 is 4.74 Å². The molecule has 0 spiro atoms. The smallest absolute Gasteiger partial charge is 0.173 e. The average Bonchev–Trinajstić information content (AvgIpc) is 2.67. The molecule has 1 N–H and O–H groups in total. The molecule has 2 rings (SSSR count). The van der Waals surface area contributed by atoms with E-state index in [0.29, 0.717) is 6.61 Å². The number of anilines is 2. The minimum Gasteiger partial charge on any atom is -0.490 e. The minimum atomic E-state index is 0.687. The van der Waals surface area contributed by atoms with E-state index in [4.69, 9.17) is 4.74 Å². The van der Waals surface area contributed by atoms with Crippen LogP contribution in [0, 0.1) is 6.92 Å². The van der Waals surface area contributed by atoms with Gasteiger partial charge in [-0.1, -0.05) is 6.92 Å². The number of pyridine rings is 1. The maximum absolute atomic E-state index is 5.65. The van der Waals surface area contributed by atoms with Gasteiger partial charge in [-0.25, -0.2) is 4.98 Å². The molecule has 0 unspecified atom stereocenters. The Labute approximate surface area is 107 Å². The predicted octanol–water partition coefficient (Wildman–Crippen LogP) is 2.66. The van der Waals surface area contributed by atoms with Crippen molar-refractivity contribution in [2.24, 2.45) is 7.05 Å². The van der Waals surface area contributed by atoms with Crippen LogP contribution in [0.15, 0.2) is 24.5 Å². The lowest BCUT2D eigenvalue weighted by atomic mass is 10.3. The Balaban J connectivity index is 2.20. The van der Waals surface area contributed by atoms with E-state index in [-0.39, 0.29) is 0 Å². The van der Waals surface area contributed by atoms with Crippen LogP contribution in [0.5, 0.6) is 5.75 Å². The Morgan fingerprint density at radius 3 is 2.94 bits per heavy atom. The standard InChI is InChI=1S/C13H18N4O/c1-4-8-18-12-6-5-7-14-13(12)15-11-9-17(3)16-10(11)2/h5-7,9H,4,8H2,1-3H3,(H,14,15). The fraction of sp³-hybridized carbons (Fsp3) is 0.385. The van der Waals surface area contributed by atoms with Gasteiger partial charge in [-0.05, 0) is 25.5 Å². The zero-order valence-electron chi connectivity index (χ0n) is 11.0. The Bertz CT molecular complexity index is 521. The lowest BCUT2D eigenvalue weighted by Gasteiger charge is -2.10. The third-order valence-electron chi connectivity index (χ3n) is 2.50. The topological polar surface area (TPSA) is 52.0 Å². The van der Waals surface area contributed by atoms with Crippen LogP contribution in [0.3, 0.4) is 0 Å². The number of hydrogen-bond acceptors (Lipinski definition) is 4. The van der Waals surface area contributed by atoms with E-state index >= 15 is 0 Å². The lowest BCUT2D eigenvalue weighted by Crippen LogP contribution is -2.01. The molecule has 2 aromatic heterocycles. The van der Waals surface area contributed by atoms with Crippen molar-refractivity contribution in [1.82, 2.24) is 14.8 Å². The van der Waals surface area contributed by atoms with Gasteiger partial charge >= 0.3 is 0 Å². The van der Waals surface area contributed by atoms with Crippen molar-refractivity contribution in [3.05, 3.63) is 30.2 Å². The maximum Gasteiger partial charge on any atom is 0.173 e. The lowest BCUT2D eigenvalue weighted by molar-refractivity contribution is 0.318. The molecule has 0 bridgehead atoms. The number of nitrogens with zero attached hydrogens (tertiary/aromatic N) is 3. The van der Waals surface area contributed by atoms with Crippen LogP contribution in [0.1, 0.15) is 19.0 Å². The van der Waals surface area contributed by atoms with Crippen LogP contribution >= 0.6 is 0 Å². The highest BCUT2D eigenvalue weighted by atomic mass is 16.5. The summed E-state index contributed by atoms with van der Waals surface area (Å²) in [4.78, 5) is 4.30. The van der Waals surface area contributed by atoms with Gasteiger partial charge in [0.05, 0.1) is 18.0 Å². The molecule has 0 saturated carbocycles. The first-order chi connectivity index (χ1) is 8.70. The minimum absolute atomic E-state index is 0.687. The van der Waals surface area contributed by atoms with Crippen molar-refractivity contribution in [1.29, 1.82) is 0 Å². The van der Waals surface area contributed by atoms with Crippen LogP contribution < -0.4 is 10.1 Å². The molecule has 96 valence electrons. The highest BCUT2D eigenvalue weighted by Crippen LogP contribution is 2.26. The second-order valence-corrected chi connectivity index (χ2v) is 4.13. The van der Waals surface area contributed by atoms with Gasteiger partial charge in [0, 0.05) is 19.4 Å². The normalized spacial score (nSPS) is 10.4. The van der Waals surface area contributed by atoms with Crippen LogP contribution in [-0.4, -0.2) is 21.4 Å². The van der Waals surface area contributed by atoms with E-state index in [0.717, 1.165) is 29.4 Å². The number of hydrogen-bond donors (Lipinski definition) is 1. The summed E-state index contributed by atoms with van der Waals surface area (Å²) in [5.41, 5.74) is 1.88.